The summed E-state index contributed by atoms with van der Waals surface area (Å²) in [5.74, 6) is 0.813. The molecule has 2 rings (SSSR count). The first-order valence-electron chi connectivity index (χ1n) is 6.00. The number of anilines is 1. The lowest BCUT2D eigenvalue weighted by atomic mass is 10.2. The van der Waals surface area contributed by atoms with Gasteiger partial charge in [-0.1, -0.05) is 36.0 Å². The molecule has 3 nitrogen and oxygen atoms in total. The Kier molecular flexibility index (Phi) is 4.48. The molecule has 2 N–H and O–H groups in total. The topological polar surface area (TPSA) is 42.1 Å². The molecule has 0 amide bonds. The molecule has 1 aromatic heterocycles. The first-order chi connectivity index (χ1) is 8.22. The first kappa shape index (κ1) is 12.9. The number of halogens is 2. The molecule has 0 aromatic carbocycles. The summed E-state index contributed by atoms with van der Waals surface area (Å²) in [6.07, 6.45) is 6.58. The fraction of sp³-hybridized carbons (Fsp3) is 0.583. The number of nitrogens with zero attached hydrogens (tertiary/aromatic N) is 2. The van der Waals surface area contributed by atoms with Gasteiger partial charge < -0.3 is 10.6 Å². The number of hydrogen-bond donors (Lipinski definition) is 1. The molecule has 1 aromatic rings. The minimum absolute atomic E-state index is 0.518. The zero-order chi connectivity index (χ0) is 12.3. The fourth-order valence-electron chi connectivity index (χ4n) is 2.44. The Hall–Kier alpha value is -0.510. The van der Waals surface area contributed by atoms with E-state index in [-0.39, 0.29) is 0 Å². The van der Waals surface area contributed by atoms with Crippen molar-refractivity contribution in [3.8, 4) is 0 Å². The predicted molar refractivity (Wildman–Crippen MR) is 72.9 cm³/mol. The largest absolute Gasteiger partial charge is 0.351 e. The van der Waals surface area contributed by atoms with E-state index >= 15 is 0 Å². The Morgan fingerprint density at radius 3 is 2.65 bits per heavy atom. The lowest BCUT2D eigenvalue weighted by Crippen LogP contribution is -2.38. The number of hydrogen-bond acceptors (Lipinski definition) is 3. The molecule has 94 valence electrons. The number of aromatic nitrogens is 1. The molecule has 0 saturated heterocycles. The second kappa shape index (κ2) is 5.89. The van der Waals surface area contributed by atoms with E-state index in [0.29, 0.717) is 22.6 Å². The van der Waals surface area contributed by atoms with E-state index in [1.165, 1.54) is 25.7 Å². The van der Waals surface area contributed by atoms with Crippen LogP contribution in [-0.2, 0) is 0 Å². The highest BCUT2D eigenvalue weighted by atomic mass is 35.5. The molecule has 1 fully saturated rings. The van der Waals surface area contributed by atoms with E-state index in [2.05, 4.69) is 9.88 Å². The van der Waals surface area contributed by atoms with Gasteiger partial charge in [0.15, 0.2) is 0 Å². The molecular formula is C12H17Cl2N3. The molecule has 0 bridgehead atoms. The predicted octanol–water partition coefficient (Wildman–Crippen LogP) is 3.10. The monoisotopic (exact) mass is 273 g/mol. The zero-order valence-corrected chi connectivity index (χ0v) is 11.2. The molecule has 1 heterocycles. The minimum atomic E-state index is 0.518. The van der Waals surface area contributed by atoms with Crippen molar-refractivity contribution in [2.24, 2.45) is 5.73 Å². The van der Waals surface area contributed by atoms with Crippen LogP contribution >= 0.6 is 23.2 Å². The molecule has 0 unspecified atom stereocenters. The zero-order valence-electron chi connectivity index (χ0n) is 9.70. The third kappa shape index (κ3) is 3.03. The number of pyridine rings is 1. The van der Waals surface area contributed by atoms with Gasteiger partial charge in [-0.05, 0) is 18.9 Å². The van der Waals surface area contributed by atoms with Crippen LogP contribution in [0.4, 0.5) is 5.82 Å². The Morgan fingerprint density at radius 1 is 1.35 bits per heavy atom. The van der Waals surface area contributed by atoms with Gasteiger partial charge in [-0.3, -0.25) is 0 Å². The molecule has 1 saturated carbocycles. The molecule has 17 heavy (non-hydrogen) atoms. The fourth-order valence-corrected chi connectivity index (χ4v) is 2.92. The number of nitrogens with two attached hydrogens (primary N) is 1. The van der Waals surface area contributed by atoms with Crippen molar-refractivity contribution in [2.45, 2.75) is 31.7 Å². The van der Waals surface area contributed by atoms with Crippen LogP contribution in [0.3, 0.4) is 0 Å². The van der Waals surface area contributed by atoms with Crippen LogP contribution in [0, 0.1) is 0 Å². The third-order valence-electron chi connectivity index (χ3n) is 3.20. The highest BCUT2D eigenvalue weighted by Crippen LogP contribution is 2.32. The summed E-state index contributed by atoms with van der Waals surface area (Å²) in [5, 5.41) is 1.18. The Labute approximate surface area is 112 Å². The van der Waals surface area contributed by atoms with E-state index in [9.17, 15) is 0 Å². The smallest absolute Gasteiger partial charge is 0.147 e. The van der Waals surface area contributed by atoms with Crippen LogP contribution in [0.5, 0.6) is 0 Å². The molecule has 1 aliphatic carbocycles. The maximum absolute atomic E-state index is 6.21. The van der Waals surface area contributed by atoms with Crippen LogP contribution in [0.1, 0.15) is 25.7 Å². The van der Waals surface area contributed by atoms with Crippen molar-refractivity contribution in [3.05, 3.63) is 22.3 Å². The van der Waals surface area contributed by atoms with Gasteiger partial charge in [-0.15, -0.1) is 0 Å². The van der Waals surface area contributed by atoms with E-state index in [1.807, 2.05) is 0 Å². The van der Waals surface area contributed by atoms with Crippen LogP contribution in [0.25, 0.3) is 0 Å². The summed E-state index contributed by atoms with van der Waals surface area (Å²) in [6.45, 7) is 1.40. The van der Waals surface area contributed by atoms with E-state index in [1.54, 1.807) is 12.3 Å². The molecule has 1 aliphatic rings. The maximum atomic E-state index is 6.21. The van der Waals surface area contributed by atoms with Gasteiger partial charge in [0, 0.05) is 25.3 Å². The van der Waals surface area contributed by atoms with Crippen LogP contribution in [0.2, 0.25) is 10.0 Å². The van der Waals surface area contributed by atoms with Gasteiger partial charge in [0.05, 0.1) is 10.0 Å². The minimum Gasteiger partial charge on any atom is -0.351 e. The van der Waals surface area contributed by atoms with Crippen molar-refractivity contribution < 1.29 is 0 Å². The summed E-state index contributed by atoms with van der Waals surface area (Å²) in [6, 6.07) is 2.26. The summed E-state index contributed by atoms with van der Waals surface area (Å²) < 4.78 is 0. The van der Waals surface area contributed by atoms with Gasteiger partial charge in [-0.25, -0.2) is 4.98 Å². The Morgan fingerprint density at radius 2 is 2.06 bits per heavy atom. The SMILES string of the molecule is NCCN(c1ncc(Cl)cc1Cl)C1CCCC1. The van der Waals surface area contributed by atoms with E-state index < -0.39 is 0 Å². The van der Waals surface area contributed by atoms with Crippen molar-refractivity contribution >= 4 is 29.0 Å². The summed E-state index contributed by atoms with van der Waals surface area (Å²) in [4.78, 5) is 6.58. The summed E-state index contributed by atoms with van der Waals surface area (Å²) in [5.41, 5.74) is 5.68. The summed E-state index contributed by atoms with van der Waals surface area (Å²) >= 11 is 12.1. The quantitative estimate of drug-likeness (QED) is 0.917. The molecule has 0 spiro atoms. The molecule has 5 heteroatoms. The van der Waals surface area contributed by atoms with Gasteiger partial charge in [-0.2, -0.15) is 0 Å². The van der Waals surface area contributed by atoms with Crippen LogP contribution in [-0.4, -0.2) is 24.1 Å². The highest BCUT2D eigenvalue weighted by Gasteiger charge is 2.24. The number of rotatable bonds is 4. The van der Waals surface area contributed by atoms with E-state index in [0.717, 1.165) is 12.4 Å². The van der Waals surface area contributed by atoms with Crippen LogP contribution < -0.4 is 10.6 Å². The van der Waals surface area contributed by atoms with Crippen molar-refractivity contribution in [1.82, 2.24) is 4.98 Å². The van der Waals surface area contributed by atoms with Gasteiger partial charge in [0.25, 0.3) is 0 Å². The average molecular weight is 274 g/mol. The first-order valence-corrected chi connectivity index (χ1v) is 6.75. The van der Waals surface area contributed by atoms with Crippen molar-refractivity contribution in [1.29, 1.82) is 0 Å². The average Bonchev–Trinajstić information content (AvgIpc) is 2.80. The molecule has 0 radical (unpaired) electrons. The van der Waals surface area contributed by atoms with Gasteiger partial charge >= 0.3 is 0 Å². The van der Waals surface area contributed by atoms with Crippen molar-refractivity contribution in [3.63, 3.8) is 0 Å². The van der Waals surface area contributed by atoms with Gasteiger partial charge in [0.1, 0.15) is 5.82 Å². The molecule has 0 aliphatic heterocycles. The molecular weight excluding hydrogens is 257 g/mol. The van der Waals surface area contributed by atoms with E-state index in [4.69, 9.17) is 28.9 Å². The maximum Gasteiger partial charge on any atom is 0.147 e. The van der Waals surface area contributed by atoms with Crippen LogP contribution in [0.15, 0.2) is 12.3 Å². The van der Waals surface area contributed by atoms with Crippen molar-refractivity contribution in [2.75, 3.05) is 18.0 Å². The second-order valence-corrected chi connectivity index (χ2v) is 5.22. The molecule has 0 atom stereocenters. The highest BCUT2D eigenvalue weighted by molar-refractivity contribution is 6.36. The van der Waals surface area contributed by atoms with Gasteiger partial charge in [0.2, 0.25) is 0 Å². The lowest BCUT2D eigenvalue weighted by Gasteiger charge is -2.30. The Bertz CT molecular complexity index is 378. The third-order valence-corrected chi connectivity index (χ3v) is 3.68. The Balaban J connectivity index is 2.24. The summed E-state index contributed by atoms with van der Waals surface area (Å²) in [7, 11) is 0. The normalized spacial score (nSPS) is 16.4. The lowest BCUT2D eigenvalue weighted by molar-refractivity contribution is 0.602. The second-order valence-electron chi connectivity index (χ2n) is 4.38. The standard InChI is InChI=1S/C12H17Cl2N3/c13-9-7-11(14)12(16-8-9)17(6-5-15)10-3-1-2-4-10/h7-8,10H,1-6,15H2.